The second-order valence-electron chi connectivity index (χ2n) is 3.72. The molecule has 1 N–H and O–H groups in total. The molecule has 2 aromatic carbocycles. The molecule has 0 saturated carbocycles. The molecule has 17 heavy (non-hydrogen) atoms. The Morgan fingerprint density at radius 1 is 1.00 bits per heavy atom. The van der Waals surface area contributed by atoms with Gasteiger partial charge in [-0.25, -0.2) is 4.79 Å². The first kappa shape index (κ1) is 13.3. The Kier molecular flexibility index (Phi) is 4.30. The smallest absolute Gasteiger partial charge is 0.336 e. The zero-order valence-corrected chi connectivity index (χ0v) is 10.2. The summed E-state index contributed by atoms with van der Waals surface area (Å²) in [5.41, 5.74) is 3.20. The summed E-state index contributed by atoms with van der Waals surface area (Å²) < 4.78 is 0. The summed E-state index contributed by atoms with van der Waals surface area (Å²) in [5.74, 6) is -0.892. The predicted molar refractivity (Wildman–Crippen MR) is 70.8 cm³/mol. The van der Waals surface area contributed by atoms with Crippen LogP contribution < -0.4 is 0 Å². The number of halogens is 1. The normalized spacial score (nSPS) is 9.47. The standard InChI is InChI=1S/C14H12O2.ClH/c1-10-6-8-11(9-7-10)12-4-2-3-5-13(12)14(15)16;/h2-9H,1H3,(H,15,16);1H. The molecule has 0 atom stereocenters. The highest BCUT2D eigenvalue weighted by atomic mass is 35.5. The van der Waals surface area contributed by atoms with Crippen molar-refractivity contribution in [1.82, 2.24) is 0 Å². The van der Waals surface area contributed by atoms with E-state index in [0.717, 1.165) is 16.7 Å². The molecule has 2 nitrogen and oxygen atoms in total. The summed E-state index contributed by atoms with van der Waals surface area (Å²) in [7, 11) is 0. The Morgan fingerprint density at radius 2 is 1.59 bits per heavy atom. The number of carbonyl (C=O) groups is 1. The molecule has 0 unspecified atom stereocenters. The molecule has 0 radical (unpaired) electrons. The Balaban J connectivity index is 0.00000144. The van der Waals surface area contributed by atoms with Gasteiger partial charge in [0.25, 0.3) is 0 Å². The lowest BCUT2D eigenvalue weighted by Gasteiger charge is -2.06. The number of aryl methyl sites for hydroxylation is 1. The Bertz CT molecular complexity index is 518. The van der Waals surface area contributed by atoms with E-state index in [1.807, 2.05) is 43.3 Å². The van der Waals surface area contributed by atoms with Gasteiger partial charge in [0.05, 0.1) is 5.56 Å². The van der Waals surface area contributed by atoms with Crippen molar-refractivity contribution >= 4 is 18.4 Å². The summed E-state index contributed by atoms with van der Waals surface area (Å²) in [6.45, 7) is 2.01. The SMILES string of the molecule is Cc1ccc(-c2ccccc2C(=O)O)cc1.Cl. The molecule has 0 amide bonds. The van der Waals surface area contributed by atoms with E-state index in [-0.39, 0.29) is 12.4 Å². The molecule has 0 fully saturated rings. The molecule has 0 aliphatic heterocycles. The second kappa shape index (κ2) is 5.51. The highest BCUT2D eigenvalue weighted by molar-refractivity contribution is 5.95. The Morgan fingerprint density at radius 3 is 2.18 bits per heavy atom. The van der Waals surface area contributed by atoms with Crippen LogP contribution in [0.5, 0.6) is 0 Å². The number of carboxylic acid groups (broad SMARTS) is 1. The van der Waals surface area contributed by atoms with Gasteiger partial charge in [0, 0.05) is 0 Å². The fraction of sp³-hybridized carbons (Fsp3) is 0.0714. The van der Waals surface area contributed by atoms with E-state index in [4.69, 9.17) is 5.11 Å². The molecule has 0 aliphatic rings. The van der Waals surface area contributed by atoms with Crippen LogP contribution in [-0.2, 0) is 0 Å². The first-order chi connectivity index (χ1) is 7.68. The summed E-state index contributed by atoms with van der Waals surface area (Å²) in [6, 6.07) is 14.9. The van der Waals surface area contributed by atoms with Gasteiger partial charge in [-0.05, 0) is 24.1 Å². The fourth-order valence-corrected chi connectivity index (χ4v) is 1.65. The van der Waals surface area contributed by atoms with Crippen LogP contribution in [0.25, 0.3) is 11.1 Å². The van der Waals surface area contributed by atoms with E-state index in [9.17, 15) is 4.79 Å². The van der Waals surface area contributed by atoms with E-state index >= 15 is 0 Å². The first-order valence-corrected chi connectivity index (χ1v) is 5.08. The van der Waals surface area contributed by atoms with Crippen molar-refractivity contribution < 1.29 is 9.90 Å². The van der Waals surface area contributed by atoms with Gasteiger partial charge in [0.2, 0.25) is 0 Å². The van der Waals surface area contributed by atoms with Crippen LogP contribution in [0.3, 0.4) is 0 Å². The monoisotopic (exact) mass is 248 g/mol. The highest BCUT2D eigenvalue weighted by Crippen LogP contribution is 2.23. The molecule has 0 aliphatic carbocycles. The third-order valence-electron chi connectivity index (χ3n) is 2.52. The van der Waals surface area contributed by atoms with Crippen LogP contribution in [0.15, 0.2) is 48.5 Å². The van der Waals surface area contributed by atoms with Gasteiger partial charge in [0.15, 0.2) is 0 Å². The van der Waals surface area contributed by atoms with E-state index in [1.54, 1.807) is 12.1 Å². The summed E-state index contributed by atoms with van der Waals surface area (Å²) >= 11 is 0. The molecular weight excluding hydrogens is 236 g/mol. The fourth-order valence-electron chi connectivity index (χ4n) is 1.65. The van der Waals surface area contributed by atoms with Gasteiger partial charge < -0.3 is 5.11 Å². The van der Waals surface area contributed by atoms with Gasteiger partial charge in [-0.1, -0.05) is 48.0 Å². The molecule has 88 valence electrons. The van der Waals surface area contributed by atoms with Gasteiger partial charge in [-0.2, -0.15) is 0 Å². The maximum Gasteiger partial charge on any atom is 0.336 e. The van der Waals surface area contributed by atoms with Crippen molar-refractivity contribution in [2.75, 3.05) is 0 Å². The van der Waals surface area contributed by atoms with Crippen molar-refractivity contribution in [2.24, 2.45) is 0 Å². The lowest BCUT2D eigenvalue weighted by molar-refractivity contribution is 0.0698. The van der Waals surface area contributed by atoms with Crippen LogP contribution in [0.1, 0.15) is 15.9 Å². The zero-order chi connectivity index (χ0) is 11.5. The van der Waals surface area contributed by atoms with Gasteiger partial charge in [-0.3, -0.25) is 0 Å². The summed E-state index contributed by atoms with van der Waals surface area (Å²) in [4.78, 5) is 11.1. The highest BCUT2D eigenvalue weighted by Gasteiger charge is 2.09. The van der Waals surface area contributed by atoms with E-state index in [0.29, 0.717) is 5.56 Å². The van der Waals surface area contributed by atoms with Crippen molar-refractivity contribution in [3.8, 4) is 11.1 Å². The predicted octanol–water partition coefficient (Wildman–Crippen LogP) is 3.78. The molecule has 2 aromatic rings. The van der Waals surface area contributed by atoms with Crippen LogP contribution >= 0.6 is 12.4 Å². The molecule has 0 bridgehead atoms. The van der Waals surface area contributed by atoms with Gasteiger partial charge in [-0.15, -0.1) is 12.4 Å². The third-order valence-corrected chi connectivity index (χ3v) is 2.52. The zero-order valence-electron chi connectivity index (χ0n) is 9.38. The van der Waals surface area contributed by atoms with Crippen LogP contribution in [-0.4, -0.2) is 11.1 Å². The molecule has 0 aromatic heterocycles. The average Bonchev–Trinajstić information content (AvgIpc) is 2.30. The molecule has 0 spiro atoms. The lowest BCUT2D eigenvalue weighted by Crippen LogP contribution is -1.98. The molecule has 0 heterocycles. The lowest BCUT2D eigenvalue weighted by atomic mass is 9.99. The number of hydrogen-bond acceptors (Lipinski definition) is 1. The molecule has 3 heteroatoms. The molecule has 2 rings (SSSR count). The Labute approximate surface area is 106 Å². The number of carboxylic acids is 1. The quantitative estimate of drug-likeness (QED) is 0.878. The topological polar surface area (TPSA) is 37.3 Å². The number of benzene rings is 2. The molecular formula is C14H13ClO2. The largest absolute Gasteiger partial charge is 0.478 e. The van der Waals surface area contributed by atoms with Crippen molar-refractivity contribution in [3.05, 3.63) is 59.7 Å². The van der Waals surface area contributed by atoms with Crippen LogP contribution in [0.4, 0.5) is 0 Å². The van der Waals surface area contributed by atoms with Gasteiger partial charge >= 0.3 is 5.97 Å². The van der Waals surface area contributed by atoms with Crippen molar-refractivity contribution in [2.45, 2.75) is 6.92 Å². The minimum atomic E-state index is -0.892. The van der Waals surface area contributed by atoms with Crippen LogP contribution in [0.2, 0.25) is 0 Å². The molecule has 0 saturated heterocycles. The maximum atomic E-state index is 11.1. The second-order valence-corrected chi connectivity index (χ2v) is 3.72. The van der Waals surface area contributed by atoms with Crippen molar-refractivity contribution in [1.29, 1.82) is 0 Å². The summed E-state index contributed by atoms with van der Waals surface area (Å²) in [5, 5.41) is 9.08. The first-order valence-electron chi connectivity index (χ1n) is 5.08. The average molecular weight is 249 g/mol. The van der Waals surface area contributed by atoms with Crippen LogP contribution in [0, 0.1) is 6.92 Å². The van der Waals surface area contributed by atoms with Crippen molar-refractivity contribution in [3.63, 3.8) is 0 Å². The van der Waals surface area contributed by atoms with Gasteiger partial charge in [0.1, 0.15) is 0 Å². The third kappa shape index (κ3) is 2.86. The van der Waals surface area contributed by atoms with E-state index in [1.165, 1.54) is 0 Å². The Hall–Kier alpha value is -1.80. The van der Waals surface area contributed by atoms with E-state index < -0.39 is 5.97 Å². The maximum absolute atomic E-state index is 11.1. The summed E-state index contributed by atoms with van der Waals surface area (Å²) in [6.07, 6.45) is 0. The number of aromatic carboxylic acids is 1. The van der Waals surface area contributed by atoms with E-state index in [2.05, 4.69) is 0 Å². The minimum Gasteiger partial charge on any atom is -0.478 e. The number of rotatable bonds is 2. The number of hydrogen-bond donors (Lipinski definition) is 1. The minimum absolute atomic E-state index is 0.